The van der Waals surface area contributed by atoms with Crippen LogP contribution < -0.4 is 10.4 Å². The van der Waals surface area contributed by atoms with E-state index in [9.17, 15) is 17.0 Å². The molecule has 2 aliphatic carbocycles. The SMILES string of the molecule is CCc1ccc2c(c1-c1cc(C)c([Si](C)(C)C)c(C)c1)C=C(c1occ3ccccc13)[CH]2[Zr]([Cl])([Cl])([CH]1C(c2occ3ccccc23)=Cc2c1ccc(CC)c2-c1cc(C)c([Si](C)(C)C)c(C)c1)=[Si](C)C. The van der Waals surface area contributed by atoms with Crippen molar-refractivity contribution in [1.29, 1.82) is 0 Å². The molecule has 2 heterocycles. The molecule has 10 rings (SSSR count). The molecule has 2 unspecified atom stereocenters. The Labute approximate surface area is 427 Å². The molecule has 0 saturated heterocycles. The summed E-state index contributed by atoms with van der Waals surface area (Å²) in [5.41, 5.74) is 18.9. The van der Waals surface area contributed by atoms with Crippen LogP contribution in [0.25, 0.3) is 67.1 Å². The minimum absolute atomic E-state index is 0.290. The first-order chi connectivity index (χ1) is 33.1. The van der Waals surface area contributed by atoms with Gasteiger partial charge in [-0.15, -0.1) is 0 Å². The van der Waals surface area contributed by atoms with Crippen LogP contribution in [0, 0.1) is 27.7 Å². The number of rotatable bonds is 10. The second-order valence-corrected chi connectivity index (χ2v) is 71.7. The molecular weight excluding hydrogens is 1020 g/mol. The van der Waals surface area contributed by atoms with E-state index in [4.69, 9.17) is 8.83 Å². The van der Waals surface area contributed by atoms with E-state index in [2.05, 4.69) is 203 Å². The average Bonchev–Trinajstić information content (AvgIpc) is 4.09. The van der Waals surface area contributed by atoms with Crippen LogP contribution in [-0.4, -0.2) is 21.6 Å². The van der Waals surface area contributed by atoms with E-state index in [0.29, 0.717) is 0 Å². The van der Waals surface area contributed by atoms with E-state index in [1.54, 1.807) is 10.4 Å². The van der Waals surface area contributed by atoms with Gasteiger partial charge in [-0.25, -0.2) is 0 Å². The molecule has 0 spiro atoms. The van der Waals surface area contributed by atoms with Gasteiger partial charge in [-0.05, 0) is 0 Å². The zero-order valence-electron chi connectivity index (χ0n) is 43.7. The van der Waals surface area contributed by atoms with E-state index in [-0.39, 0.29) is 7.25 Å². The summed E-state index contributed by atoms with van der Waals surface area (Å²) in [6.45, 7) is 33.4. The fourth-order valence-electron chi connectivity index (χ4n) is 13.6. The topological polar surface area (TPSA) is 26.3 Å². The first-order valence-corrected chi connectivity index (χ1v) is 47.7. The number of halogens is 2. The molecule has 70 heavy (non-hydrogen) atoms. The molecule has 0 saturated carbocycles. The quantitative estimate of drug-likeness (QED) is 0.128. The van der Waals surface area contributed by atoms with Crippen LogP contribution in [0.2, 0.25) is 52.4 Å². The summed E-state index contributed by atoms with van der Waals surface area (Å²) in [5.74, 6) is 1.74. The number of fused-ring (bicyclic) bond motifs is 4. The Hall–Kier alpha value is -4.01. The molecule has 0 N–H and O–H groups in total. The van der Waals surface area contributed by atoms with Crippen LogP contribution >= 0.6 is 17.0 Å². The Balaban J connectivity index is 1.32. The van der Waals surface area contributed by atoms with Gasteiger partial charge in [-0.3, -0.25) is 0 Å². The van der Waals surface area contributed by atoms with Crippen LogP contribution in [0.3, 0.4) is 0 Å². The summed E-state index contributed by atoms with van der Waals surface area (Å²) in [7, 11) is 15.5. The summed E-state index contributed by atoms with van der Waals surface area (Å²) < 4.78 is 13.1. The average molecular weight is 1090 g/mol. The predicted molar refractivity (Wildman–Crippen MR) is 310 cm³/mol. The Morgan fingerprint density at radius 2 is 0.886 bits per heavy atom. The molecule has 0 bridgehead atoms. The molecule has 6 aromatic carbocycles. The molecule has 2 nitrogen and oxygen atoms in total. The summed E-state index contributed by atoms with van der Waals surface area (Å²) in [5, 5.41) is 7.41. The molecule has 2 atom stereocenters. The van der Waals surface area contributed by atoms with Crippen LogP contribution in [0.5, 0.6) is 0 Å². The number of allylic oxidation sites excluding steroid dienone is 2. The maximum absolute atomic E-state index is 9.37. The zero-order chi connectivity index (χ0) is 50.0. The number of aryl methyl sites for hydroxylation is 6. The molecule has 2 aromatic heterocycles. The number of furan rings is 2. The Morgan fingerprint density at radius 3 is 1.21 bits per heavy atom. The predicted octanol–water partition coefficient (Wildman–Crippen LogP) is 18.1. The van der Waals surface area contributed by atoms with E-state index < -0.39 is 36.6 Å². The third-order valence-corrected chi connectivity index (χ3v) is 66.9. The standard InChI is InChI=1S/2C30H31OSi.C2H6Si.2ClH.Zr/c2*1-7-21-12-13-22-16-25(29-26-11-9-8-10-23(26)18-31-29)17-27(22)28(21)24-14-19(2)30(20(3)15-24)32(4,5)6;1-3-2;;;/h2*8-18H,7H2,1-6H3;1-2H3;2*1H;/q;;;;;+2/p-2. The van der Waals surface area contributed by atoms with Gasteiger partial charge in [0.25, 0.3) is 0 Å². The van der Waals surface area contributed by atoms with Crippen LogP contribution in [0.4, 0.5) is 0 Å². The van der Waals surface area contributed by atoms with Gasteiger partial charge in [-0.2, -0.15) is 0 Å². The fraction of sp³-hybridized carbons (Fsp3) is 0.290. The van der Waals surface area contributed by atoms with E-state index >= 15 is 0 Å². The van der Waals surface area contributed by atoms with Gasteiger partial charge >= 0.3 is 431 Å². The van der Waals surface area contributed by atoms with Gasteiger partial charge in [0.15, 0.2) is 0 Å². The van der Waals surface area contributed by atoms with Crippen LogP contribution in [0.1, 0.15) is 88.3 Å². The molecule has 358 valence electrons. The molecule has 0 radical (unpaired) electrons. The second-order valence-electron chi connectivity index (χ2n) is 22.9. The van der Waals surface area contributed by atoms with Crippen molar-refractivity contribution >= 4 is 93.8 Å². The molecule has 2 aliphatic rings. The van der Waals surface area contributed by atoms with Crippen molar-refractivity contribution in [1.82, 2.24) is 0 Å². The van der Waals surface area contributed by atoms with E-state index in [0.717, 1.165) is 57.1 Å². The Bertz CT molecular complexity index is 3360. The van der Waals surface area contributed by atoms with Crippen molar-refractivity contribution in [2.75, 3.05) is 0 Å². The molecule has 8 heteroatoms. The van der Waals surface area contributed by atoms with Crippen LogP contribution in [-0.2, 0) is 27.9 Å². The molecule has 0 aliphatic heterocycles. The van der Waals surface area contributed by atoms with Gasteiger partial charge in [0, 0.05) is 0 Å². The Kier molecular flexibility index (Phi) is 12.5. The second kappa shape index (κ2) is 17.6. The van der Waals surface area contributed by atoms with Crippen molar-refractivity contribution in [3.8, 4) is 22.3 Å². The van der Waals surface area contributed by atoms with Crippen molar-refractivity contribution in [3.05, 3.63) is 177 Å². The third kappa shape index (κ3) is 7.67. The van der Waals surface area contributed by atoms with Gasteiger partial charge in [0.05, 0.1) is 0 Å². The molecule has 8 aromatic rings. The van der Waals surface area contributed by atoms with Gasteiger partial charge in [0.2, 0.25) is 0 Å². The Morgan fingerprint density at radius 1 is 0.529 bits per heavy atom. The van der Waals surface area contributed by atoms with Gasteiger partial charge < -0.3 is 0 Å². The van der Waals surface area contributed by atoms with Crippen molar-refractivity contribution in [3.63, 3.8) is 0 Å². The van der Waals surface area contributed by atoms with E-state index in [1.807, 2.05) is 12.5 Å². The fourth-order valence-corrected chi connectivity index (χ4v) is 46.2. The van der Waals surface area contributed by atoms with Crippen molar-refractivity contribution in [2.45, 2.75) is 114 Å². The first kappa shape index (κ1) is 49.6. The third-order valence-electron chi connectivity index (χ3n) is 16.0. The monoisotopic (exact) mass is 1090 g/mol. The minimum atomic E-state index is -5.66. The summed E-state index contributed by atoms with van der Waals surface area (Å²) in [6, 6.07) is 36.5. The van der Waals surface area contributed by atoms with Gasteiger partial charge in [0.1, 0.15) is 0 Å². The molecule has 0 amide bonds. The maximum atomic E-state index is 9.37. The normalized spacial score (nSPS) is 16.2. The first-order valence-electron chi connectivity index (χ1n) is 25.4. The summed E-state index contributed by atoms with van der Waals surface area (Å²) in [6.07, 6.45) is 10.6. The van der Waals surface area contributed by atoms with Crippen LogP contribution in [0.15, 0.2) is 118 Å². The summed E-state index contributed by atoms with van der Waals surface area (Å²) in [4.78, 5) is 0. The van der Waals surface area contributed by atoms with Crippen molar-refractivity contribution in [2.24, 2.45) is 0 Å². The number of hydrogen-bond donors (Lipinski definition) is 0. The summed E-state index contributed by atoms with van der Waals surface area (Å²) >= 11 is -5.66. The molecule has 0 fully saturated rings. The number of hydrogen-bond acceptors (Lipinski definition) is 2. The van der Waals surface area contributed by atoms with E-state index in [1.165, 1.54) is 77.9 Å². The van der Waals surface area contributed by atoms with Crippen molar-refractivity contribution < 1.29 is 23.8 Å². The zero-order valence-corrected chi connectivity index (χ0v) is 50.7. The molecular formula is C62H68Cl2O2Si3Zr. The van der Waals surface area contributed by atoms with Gasteiger partial charge in [-0.1, -0.05) is 0 Å². The number of benzene rings is 6.